The van der Waals surface area contributed by atoms with Crippen LogP contribution in [0.15, 0.2) is 24.3 Å². The van der Waals surface area contributed by atoms with E-state index in [0.29, 0.717) is 17.9 Å². The fraction of sp³-hybridized carbons (Fsp3) is 0.357. The number of nitrogens with zero attached hydrogens (tertiary/aromatic N) is 1. The van der Waals surface area contributed by atoms with Gasteiger partial charge in [0.1, 0.15) is 5.82 Å². The Bertz CT molecular complexity index is 502. The molecular formula is C14H18N2O3. The average Bonchev–Trinajstić information content (AvgIpc) is 2.24. The summed E-state index contributed by atoms with van der Waals surface area (Å²) in [4.78, 5) is 26.3. The molecule has 0 aliphatic rings. The van der Waals surface area contributed by atoms with Crippen molar-refractivity contribution in [2.24, 2.45) is 5.41 Å². The molecule has 0 saturated carbocycles. The van der Waals surface area contributed by atoms with Crippen LogP contribution >= 0.6 is 0 Å². The number of hydrogen-bond donors (Lipinski definition) is 2. The maximum atomic E-state index is 11.7. The number of aromatic nitrogens is 1. The lowest BCUT2D eigenvalue weighted by Gasteiger charge is -2.17. The highest BCUT2D eigenvalue weighted by molar-refractivity contribution is 5.90. The zero-order chi connectivity index (χ0) is 14.5. The summed E-state index contributed by atoms with van der Waals surface area (Å²) in [5, 5.41) is 11.2. The third-order valence-corrected chi connectivity index (χ3v) is 2.13. The summed E-state index contributed by atoms with van der Waals surface area (Å²) >= 11 is 0. The van der Waals surface area contributed by atoms with Crippen LogP contribution in [0.5, 0.6) is 0 Å². The van der Waals surface area contributed by atoms with Gasteiger partial charge in [-0.05, 0) is 23.6 Å². The molecule has 1 heterocycles. The predicted octanol–water partition coefficient (Wildman–Crippen LogP) is 2.55. The minimum atomic E-state index is -1.04. The molecule has 19 heavy (non-hydrogen) atoms. The molecule has 0 atom stereocenters. The Kier molecular flexibility index (Phi) is 4.80. The topological polar surface area (TPSA) is 79.3 Å². The van der Waals surface area contributed by atoms with Gasteiger partial charge in [0.05, 0.1) is 5.69 Å². The van der Waals surface area contributed by atoms with E-state index < -0.39 is 5.97 Å². The highest BCUT2D eigenvalue weighted by Crippen LogP contribution is 2.19. The monoisotopic (exact) mass is 262 g/mol. The lowest BCUT2D eigenvalue weighted by molar-refractivity contribution is -0.131. The molecule has 0 spiro atoms. The molecule has 1 amide bonds. The Morgan fingerprint density at radius 3 is 2.63 bits per heavy atom. The third-order valence-electron chi connectivity index (χ3n) is 2.13. The molecule has 5 heteroatoms. The first-order valence-electron chi connectivity index (χ1n) is 5.94. The molecule has 1 aromatic heterocycles. The Morgan fingerprint density at radius 2 is 2.05 bits per heavy atom. The Morgan fingerprint density at radius 1 is 1.37 bits per heavy atom. The van der Waals surface area contributed by atoms with Crippen LogP contribution in [0.1, 0.15) is 32.9 Å². The van der Waals surface area contributed by atoms with Gasteiger partial charge >= 0.3 is 5.97 Å². The van der Waals surface area contributed by atoms with Crippen LogP contribution < -0.4 is 5.32 Å². The summed E-state index contributed by atoms with van der Waals surface area (Å²) < 4.78 is 0. The normalized spacial score (nSPS) is 11.5. The summed E-state index contributed by atoms with van der Waals surface area (Å²) in [6.45, 7) is 5.93. The van der Waals surface area contributed by atoms with E-state index in [9.17, 15) is 9.59 Å². The van der Waals surface area contributed by atoms with E-state index in [0.717, 1.165) is 6.08 Å². The van der Waals surface area contributed by atoms with E-state index in [1.54, 1.807) is 18.2 Å². The number of carbonyl (C=O) groups is 2. The number of aliphatic carboxylic acids is 1. The van der Waals surface area contributed by atoms with Crippen molar-refractivity contribution in [1.29, 1.82) is 0 Å². The molecule has 0 bridgehead atoms. The fourth-order valence-electron chi connectivity index (χ4n) is 1.44. The summed E-state index contributed by atoms with van der Waals surface area (Å²) in [6.07, 6.45) is 2.77. The molecule has 0 radical (unpaired) electrons. The number of nitrogens with one attached hydrogen (secondary N) is 1. The second-order valence-electron chi connectivity index (χ2n) is 5.40. The predicted molar refractivity (Wildman–Crippen MR) is 73.6 cm³/mol. The van der Waals surface area contributed by atoms with E-state index >= 15 is 0 Å². The van der Waals surface area contributed by atoms with Crippen LogP contribution in [0.2, 0.25) is 0 Å². The largest absolute Gasteiger partial charge is 0.478 e. The van der Waals surface area contributed by atoms with Gasteiger partial charge in [0, 0.05) is 12.5 Å². The molecule has 0 aliphatic heterocycles. The van der Waals surface area contributed by atoms with Gasteiger partial charge < -0.3 is 10.4 Å². The quantitative estimate of drug-likeness (QED) is 0.817. The van der Waals surface area contributed by atoms with Crippen molar-refractivity contribution in [2.75, 3.05) is 5.32 Å². The Labute approximate surface area is 112 Å². The first-order chi connectivity index (χ1) is 8.76. The van der Waals surface area contributed by atoms with Crippen molar-refractivity contribution in [2.45, 2.75) is 27.2 Å². The van der Waals surface area contributed by atoms with Gasteiger partial charge in [-0.3, -0.25) is 4.79 Å². The van der Waals surface area contributed by atoms with Crippen LogP contribution in [0, 0.1) is 5.41 Å². The Hall–Kier alpha value is -2.17. The van der Waals surface area contributed by atoms with Crippen molar-refractivity contribution < 1.29 is 14.7 Å². The van der Waals surface area contributed by atoms with Crippen LogP contribution in [0.3, 0.4) is 0 Å². The van der Waals surface area contributed by atoms with E-state index in [2.05, 4.69) is 10.3 Å². The number of anilines is 1. The molecule has 0 aliphatic carbocycles. The van der Waals surface area contributed by atoms with Gasteiger partial charge in [-0.15, -0.1) is 0 Å². The number of carbonyl (C=O) groups excluding carboxylic acids is 1. The van der Waals surface area contributed by atoms with E-state index in [1.807, 2.05) is 20.8 Å². The number of rotatable bonds is 4. The molecule has 1 aromatic rings. The molecule has 5 nitrogen and oxygen atoms in total. The smallest absolute Gasteiger partial charge is 0.328 e. The molecule has 102 valence electrons. The third kappa shape index (κ3) is 6.35. The van der Waals surface area contributed by atoms with Gasteiger partial charge in [0.15, 0.2) is 0 Å². The van der Waals surface area contributed by atoms with Crippen LogP contribution in [-0.4, -0.2) is 22.0 Å². The summed E-state index contributed by atoms with van der Waals surface area (Å²) in [7, 11) is 0. The molecule has 1 rings (SSSR count). The second kappa shape index (κ2) is 6.13. The molecular weight excluding hydrogens is 244 g/mol. The minimum Gasteiger partial charge on any atom is -0.478 e. The lowest BCUT2D eigenvalue weighted by Crippen LogP contribution is -2.20. The number of carboxylic acid groups (broad SMARTS) is 1. The van der Waals surface area contributed by atoms with Crippen molar-refractivity contribution in [3.05, 3.63) is 30.0 Å². The summed E-state index contributed by atoms with van der Waals surface area (Å²) in [6, 6.07) is 5.04. The fourth-order valence-corrected chi connectivity index (χ4v) is 1.44. The maximum Gasteiger partial charge on any atom is 0.328 e. The molecule has 0 saturated heterocycles. The zero-order valence-electron chi connectivity index (χ0n) is 11.3. The first kappa shape index (κ1) is 14.9. The van der Waals surface area contributed by atoms with Crippen molar-refractivity contribution >= 4 is 23.8 Å². The zero-order valence-corrected chi connectivity index (χ0v) is 11.3. The number of pyridine rings is 1. The first-order valence-corrected chi connectivity index (χ1v) is 5.94. The van der Waals surface area contributed by atoms with Crippen molar-refractivity contribution in [3.8, 4) is 0 Å². The van der Waals surface area contributed by atoms with Gasteiger partial charge in [0.25, 0.3) is 0 Å². The second-order valence-corrected chi connectivity index (χ2v) is 5.40. The molecule has 2 N–H and O–H groups in total. The number of amides is 1. The average molecular weight is 262 g/mol. The Balaban J connectivity index is 2.72. The highest BCUT2D eigenvalue weighted by Gasteiger charge is 2.16. The van der Waals surface area contributed by atoms with Gasteiger partial charge in [-0.2, -0.15) is 0 Å². The SMILES string of the molecule is CC(C)(C)CC(=O)Nc1cccc(/C=C/C(=O)O)n1. The number of hydrogen-bond acceptors (Lipinski definition) is 3. The van der Waals surface area contributed by atoms with E-state index in [4.69, 9.17) is 5.11 Å². The molecule has 0 fully saturated rings. The van der Waals surface area contributed by atoms with Gasteiger partial charge in [-0.1, -0.05) is 26.8 Å². The van der Waals surface area contributed by atoms with E-state index in [-0.39, 0.29) is 11.3 Å². The van der Waals surface area contributed by atoms with Crippen molar-refractivity contribution in [3.63, 3.8) is 0 Å². The molecule has 0 aromatic carbocycles. The van der Waals surface area contributed by atoms with Gasteiger partial charge in [0.2, 0.25) is 5.91 Å². The minimum absolute atomic E-state index is 0.0924. The standard InChI is InChI=1S/C14H18N2O3/c1-14(2,3)9-12(17)16-11-6-4-5-10(15-11)7-8-13(18)19/h4-8H,9H2,1-3H3,(H,18,19)(H,15,16,17)/b8-7+. The van der Waals surface area contributed by atoms with Crippen LogP contribution in [0.4, 0.5) is 5.82 Å². The number of carboxylic acids is 1. The lowest BCUT2D eigenvalue weighted by atomic mass is 9.92. The van der Waals surface area contributed by atoms with Crippen LogP contribution in [0.25, 0.3) is 6.08 Å². The maximum absolute atomic E-state index is 11.7. The summed E-state index contributed by atoms with van der Waals surface area (Å²) in [5.41, 5.74) is 0.390. The van der Waals surface area contributed by atoms with Crippen LogP contribution in [-0.2, 0) is 9.59 Å². The van der Waals surface area contributed by atoms with E-state index in [1.165, 1.54) is 6.08 Å². The summed E-state index contributed by atoms with van der Waals surface area (Å²) in [5.74, 6) is -0.731. The highest BCUT2D eigenvalue weighted by atomic mass is 16.4. The molecule has 0 unspecified atom stereocenters. The van der Waals surface area contributed by atoms with Crippen molar-refractivity contribution in [1.82, 2.24) is 4.98 Å². The van der Waals surface area contributed by atoms with Gasteiger partial charge in [-0.25, -0.2) is 9.78 Å².